The minimum Gasteiger partial charge on any atom is -0.497 e. The molecule has 30 heavy (non-hydrogen) atoms. The lowest BCUT2D eigenvalue weighted by Crippen LogP contribution is -2.24. The number of carbonyl (C=O) groups excluding carboxylic acids is 1. The van der Waals surface area contributed by atoms with Crippen molar-refractivity contribution in [2.45, 2.75) is 13.0 Å². The summed E-state index contributed by atoms with van der Waals surface area (Å²) >= 11 is 0. The van der Waals surface area contributed by atoms with Crippen LogP contribution in [-0.2, 0) is 17.8 Å². The second kappa shape index (κ2) is 8.74. The van der Waals surface area contributed by atoms with Gasteiger partial charge in [0.05, 0.1) is 13.5 Å². The molecule has 1 aromatic heterocycles. The van der Waals surface area contributed by atoms with Crippen LogP contribution in [0.3, 0.4) is 0 Å². The third kappa shape index (κ3) is 4.30. The van der Waals surface area contributed by atoms with Gasteiger partial charge in [-0.3, -0.25) is 9.78 Å². The van der Waals surface area contributed by atoms with Gasteiger partial charge in [-0.25, -0.2) is 4.39 Å². The Morgan fingerprint density at radius 3 is 2.67 bits per heavy atom. The molecule has 1 heterocycles. The van der Waals surface area contributed by atoms with Crippen LogP contribution in [0.4, 0.5) is 4.39 Å². The minimum atomic E-state index is -0.311. The van der Waals surface area contributed by atoms with Crippen molar-refractivity contribution in [3.8, 4) is 16.9 Å². The second-order valence-electron chi connectivity index (χ2n) is 7.01. The molecule has 0 saturated carbocycles. The topological polar surface area (TPSA) is 51.2 Å². The summed E-state index contributed by atoms with van der Waals surface area (Å²) < 4.78 is 18.4. The number of rotatable bonds is 6. The number of hydrogen-bond donors (Lipinski definition) is 1. The fourth-order valence-electron chi connectivity index (χ4n) is 3.49. The van der Waals surface area contributed by atoms with Gasteiger partial charge < -0.3 is 10.1 Å². The van der Waals surface area contributed by atoms with Crippen LogP contribution in [0.5, 0.6) is 5.75 Å². The zero-order chi connectivity index (χ0) is 20.9. The standard InChI is InChI=1S/C25H21FN2O2/c1-30-21-4-2-3-18(14-21)22-10-7-19(24-16-27-12-11-23(22)24)15-28-25(29)13-17-5-8-20(26)9-6-17/h2-12,14,16H,13,15H2,1H3,(H,28,29). The molecule has 0 atom stereocenters. The molecule has 0 aliphatic carbocycles. The number of nitrogens with one attached hydrogen (secondary N) is 1. The molecule has 0 spiro atoms. The van der Waals surface area contributed by atoms with E-state index >= 15 is 0 Å². The summed E-state index contributed by atoms with van der Waals surface area (Å²) in [6, 6.07) is 19.9. The Hall–Kier alpha value is -3.73. The van der Waals surface area contributed by atoms with Gasteiger partial charge in [0.15, 0.2) is 0 Å². The molecule has 4 aromatic rings. The molecule has 5 heteroatoms. The first-order valence-corrected chi connectivity index (χ1v) is 9.65. The Balaban J connectivity index is 1.56. The van der Waals surface area contributed by atoms with E-state index in [4.69, 9.17) is 4.74 Å². The summed E-state index contributed by atoms with van der Waals surface area (Å²) in [7, 11) is 1.65. The third-order valence-corrected chi connectivity index (χ3v) is 5.04. The lowest BCUT2D eigenvalue weighted by atomic mass is 9.96. The van der Waals surface area contributed by atoms with Gasteiger partial charge in [-0.15, -0.1) is 0 Å². The SMILES string of the molecule is COc1cccc(-c2ccc(CNC(=O)Cc3ccc(F)cc3)c3cnccc23)c1. The summed E-state index contributed by atoms with van der Waals surface area (Å²) in [4.78, 5) is 16.6. The van der Waals surface area contributed by atoms with Crippen LogP contribution in [0.1, 0.15) is 11.1 Å². The maximum atomic E-state index is 13.0. The average Bonchev–Trinajstić information content (AvgIpc) is 2.79. The predicted molar refractivity (Wildman–Crippen MR) is 116 cm³/mol. The third-order valence-electron chi connectivity index (χ3n) is 5.04. The Kier molecular flexibility index (Phi) is 5.70. The largest absolute Gasteiger partial charge is 0.497 e. The first-order chi connectivity index (χ1) is 14.6. The van der Waals surface area contributed by atoms with Crippen LogP contribution in [-0.4, -0.2) is 18.0 Å². The highest BCUT2D eigenvalue weighted by Gasteiger charge is 2.10. The van der Waals surface area contributed by atoms with E-state index in [9.17, 15) is 9.18 Å². The zero-order valence-electron chi connectivity index (χ0n) is 16.6. The molecule has 3 aromatic carbocycles. The van der Waals surface area contributed by atoms with Gasteiger partial charge in [0, 0.05) is 24.3 Å². The number of methoxy groups -OCH3 is 1. The van der Waals surface area contributed by atoms with E-state index in [-0.39, 0.29) is 18.1 Å². The smallest absolute Gasteiger partial charge is 0.224 e. The molecule has 0 aliphatic rings. The van der Waals surface area contributed by atoms with Crippen LogP contribution in [0.15, 0.2) is 79.1 Å². The van der Waals surface area contributed by atoms with Gasteiger partial charge >= 0.3 is 0 Å². The van der Waals surface area contributed by atoms with Crippen molar-refractivity contribution in [3.63, 3.8) is 0 Å². The lowest BCUT2D eigenvalue weighted by Gasteiger charge is -2.13. The van der Waals surface area contributed by atoms with E-state index in [1.807, 2.05) is 42.6 Å². The predicted octanol–water partition coefficient (Wildman–Crippen LogP) is 4.91. The fourth-order valence-corrected chi connectivity index (χ4v) is 3.49. The van der Waals surface area contributed by atoms with Gasteiger partial charge in [-0.2, -0.15) is 0 Å². The quantitative estimate of drug-likeness (QED) is 0.500. The number of fused-ring (bicyclic) bond motifs is 1. The van der Waals surface area contributed by atoms with Crippen molar-refractivity contribution in [1.82, 2.24) is 10.3 Å². The average molecular weight is 400 g/mol. The second-order valence-corrected chi connectivity index (χ2v) is 7.01. The minimum absolute atomic E-state index is 0.115. The van der Waals surface area contributed by atoms with Gasteiger partial charge in [-0.1, -0.05) is 36.4 Å². The lowest BCUT2D eigenvalue weighted by molar-refractivity contribution is -0.120. The van der Waals surface area contributed by atoms with E-state index < -0.39 is 0 Å². The maximum absolute atomic E-state index is 13.0. The molecule has 0 aliphatic heterocycles. The molecule has 0 radical (unpaired) electrons. The summed E-state index contributed by atoms with van der Waals surface area (Å²) in [5.41, 5.74) is 3.89. The monoisotopic (exact) mass is 400 g/mol. The molecule has 0 fully saturated rings. The van der Waals surface area contributed by atoms with Crippen LogP contribution in [0.25, 0.3) is 21.9 Å². The van der Waals surface area contributed by atoms with Crippen LogP contribution in [0, 0.1) is 5.82 Å². The van der Waals surface area contributed by atoms with E-state index in [1.165, 1.54) is 12.1 Å². The number of benzene rings is 3. The van der Waals surface area contributed by atoms with Crippen molar-refractivity contribution < 1.29 is 13.9 Å². The molecular formula is C25H21FN2O2. The van der Waals surface area contributed by atoms with Crippen LogP contribution in [0.2, 0.25) is 0 Å². The van der Waals surface area contributed by atoms with E-state index in [0.29, 0.717) is 6.54 Å². The number of pyridine rings is 1. The summed E-state index contributed by atoms with van der Waals surface area (Å²) in [5, 5.41) is 5.00. The normalized spacial score (nSPS) is 10.7. The number of aromatic nitrogens is 1. The highest BCUT2D eigenvalue weighted by Crippen LogP contribution is 2.32. The Labute approximate surface area is 174 Å². The molecule has 4 rings (SSSR count). The highest BCUT2D eigenvalue weighted by atomic mass is 19.1. The number of ether oxygens (including phenoxy) is 1. The van der Waals surface area contributed by atoms with E-state index in [0.717, 1.165) is 38.8 Å². The number of halogens is 1. The number of amides is 1. The Morgan fingerprint density at radius 2 is 1.87 bits per heavy atom. The van der Waals surface area contributed by atoms with Crippen molar-refractivity contribution in [3.05, 3.63) is 96.1 Å². The van der Waals surface area contributed by atoms with E-state index in [1.54, 1.807) is 25.4 Å². The van der Waals surface area contributed by atoms with E-state index in [2.05, 4.69) is 16.4 Å². The molecular weight excluding hydrogens is 379 g/mol. The summed E-state index contributed by atoms with van der Waals surface area (Å²) in [5.74, 6) is 0.372. The molecule has 1 N–H and O–H groups in total. The van der Waals surface area contributed by atoms with Gasteiger partial charge in [0.25, 0.3) is 0 Å². The first-order valence-electron chi connectivity index (χ1n) is 9.65. The maximum Gasteiger partial charge on any atom is 0.224 e. The molecule has 4 nitrogen and oxygen atoms in total. The van der Waals surface area contributed by atoms with Crippen LogP contribution >= 0.6 is 0 Å². The van der Waals surface area contributed by atoms with Crippen molar-refractivity contribution >= 4 is 16.7 Å². The fraction of sp³-hybridized carbons (Fsp3) is 0.120. The summed E-state index contributed by atoms with van der Waals surface area (Å²) in [6.45, 7) is 0.389. The zero-order valence-corrected chi connectivity index (χ0v) is 16.6. The molecule has 0 unspecified atom stereocenters. The first kappa shape index (κ1) is 19.6. The molecule has 150 valence electrons. The number of nitrogens with zero attached hydrogens (tertiary/aromatic N) is 1. The molecule has 1 amide bonds. The molecule has 0 bridgehead atoms. The number of hydrogen-bond acceptors (Lipinski definition) is 3. The van der Waals surface area contributed by atoms with Crippen molar-refractivity contribution in [2.75, 3.05) is 7.11 Å². The Bertz CT molecular complexity index is 1190. The highest BCUT2D eigenvalue weighted by molar-refractivity contribution is 5.98. The van der Waals surface area contributed by atoms with Gasteiger partial charge in [-0.05, 0) is 58.0 Å². The molecule has 0 saturated heterocycles. The van der Waals surface area contributed by atoms with Crippen LogP contribution < -0.4 is 10.1 Å². The summed E-state index contributed by atoms with van der Waals surface area (Å²) in [6.07, 6.45) is 3.79. The van der Waals surface area contributed by atoms with Crippen molar-refractivity contribution in [2.24, 2.45) is 0 Å². The number of carbonyl (C=O) groups is 1. The van der Waals surface area contributed by atoms with Gasteiger partial charge in [0.1, 0.15) is 11.6 Å². The van der Waals surface area contributed by atoms with Crippen molar-refractivity contribution in [1.29, 1.82) is 0 Å². The van der Waals surface area contributed by atoms with Gasteiger partial charge in [0.2, 0.25) is 5.91 Å². The Morgan fingerprint density at radius 1 is 1.03 bits per heavy atom.